The van der Waals surface area contributed by atoms with Gasteiger partial charge in [0.1, 0.15) is 5.54 Å². The molecule has 1 fully saturated rings. The van der Waals surface area contributed by atoms with Gasteiger partial charge < -0.3 is 19.6 Å². The molecular weight excluding hydrogens is 248 g/mol. The molecule has 0 spiro atoms. The summed E-state index contributed by atoms with van der Waals surface area (Å²) in [5.74, 6) is -0.997. The van der Waals surface area contributed by atoms with Gasteiger partial charge in [-0.05, 0) is 27.2 Å². The molecule has 1 rings (SSSR count). The molecule has 1 aliphatic heterocycles. The van der Waals surface area contributed by atoms with Crippen LogP contribution in [-0.2, 0) is 9.53 Å². The maximum atomic E-state index is 12.5. The highest BCUT2D eigenvalue weighted by Gasteiger charge is 2.39. The van der Waals surface area contributed by atoms with E-state index in [1.807, 2.05) is 6.92 Å². The molecule has 0 radical (unpaired) electrons. The van der Waals surface area contributed by atoms with Gasteiger partial charge in [-0.25, -0.2) is 9.59 Å². The van der Waals surface area contributed by atoms with Crippen LogP contribution in [0.4, 0.5) is 4.79 Å². The van der Waals surface area contributed by atoms with E-state index in [2.05, 4.69) is 0 Å². The summed E-state index contributed by atoms with van der Waals surface area (Å²) in [4.78, 5) is 26.8. The van der Waals surface area contributed by atoms with Crippen molar-refractivity contribution in [3.8, 4) is 0 Å². The number of nitrogens with zero attached hydrogens (tertiary/aromatic N) is 2. The van der Waals surface area contributed by atoms with Crippen molar-refractivity contribution in [3.63, 3.8) is 0 Å². The second-order valence-corrected chi connectivity index (χ2v) is 5.24. The van der Waals surface area contributed by atoms with Gasteiger partial charge in [-0.1, -0.05) is 6.92 Å². The number of urea groups is 1. The number of aliphatic carboxylic acids is 1. The number of ether oxygens (including phenoxy) is 1. The average Bonchev–Trinajstić information content (AvgIpc) is 2.39. The Kier molecular flexibility index (Phi) is 5.17. The summed E-state index contributed by atoms with van der Waals surface area (Å²) >= 11 is 0. The molecule has 0 saturated carbocycles. The lowest BCUT2D eigenvalue weighted by molar-refractivity contribution is -0.148. The van der Waals surface area contributed by atoms with E-state index in [0.29, 0.717) is 26.2 Å². The van der Waals surface area contributed by atoms with E-state index in [-0.39, 0.29) is 12.1 Å². The molecule has 0 aromatic carbocycles. The van der Waals surface area contributed by atoms with E-state index < -0.39 is 11.5 Å². The van der Waals surface area contributed by atoms with Gasteiger partial charge in [-0.2, -0.15) is 0 Å². The van der Waals surface area contributed by atoms with Gasteiger partial charge in [0, 0.05) is 19.6 Å². The van der Waals surface area contributed by atoms with E-state index in [4.69, 9.17) is 4.74 Å². The molecule has 1 N–H and O–H groups in total. The van der Waals surface area contributed by atoms with Crippen LogP contribution in [0.3, 0.4) is 0 Å². The predicted molar refractivity (Wildman–Crippen MR) is 71.1 cm³/mol. The molecule has 1 aliphatic rings. The molecule has 110 valence electrons. The van der Waals surface area contributed by atoms with Gasteiger partial charge in [-0.3, -0.25) is 0 Å². The SMILES string of the molecule is CCC1CN(C(=O)N(CC)C(C)(C)C(=O)O)CCO1. The average molecular weight is 272 g/mol. The molecular formula is C13H24N2O4. The van der Waals surface area contributed by atoms with E-state index >= 15 is 0 Å². The van der Waals surface area contributed by atoms with Crippen molar-refractivity contribution in [2.24, 2.45) is 0 Å². The molecule has 1 unspecified atom stereocenters. The third-order valence-electron chi connectivity index (χ3n) is 3.61. The lowest BCUT2D eigenvalue weighted by Crippen LogP contribution is -2.59. The Morgan fingerprint density at radius 3 is 2.53 bits per heavy atom. The number of amides is 2. The van der Waals surface area contributed by atoms with Crippen LogP contribution in [0, 0.1) is 0 Å². The molecule has 1 heterocycles. The van der Waals surface area contributed by atoms with Crippen LogP contribution in [0.25, 0.3) is 0 Å². The van der Waals surface area contributed by atoms with Gasteiger partial charge in [0.25, 0.3) is 0 Å². The third-order valence-corrected chi connectivity index (χ3v) is 3.61. The minimum Gasteiger partial charge on any atom is -0.480 e. The van der Waals surface area contributed by atoms with Crippen LogP contribution < -0.4 is 0 Å². The number of carbonyl (C=O) groups excluding carboxylic acids is 1. The zero-order valence-corrected chi connectivity index (χ0v) is 12.2. The van der Waals surface area contributed by atoms with Crippen LogP contribution >= 0.6 is 0 Å². The number of carboxylic acids is 1. The topological polar surface area (TPSA) is 70.1 Å². The zero-order chi connectivity index (χ0) is 14.6. The molecule has 1 atom stereocenters. The van der Waals surface area contributed by atoms with Gasteiger partial charge >= 0.3 is 12.0 Å². The minimum atomic E-state index is -1.20. The summed E-state index contributed by atoms with van der Waals surface area (Å²) in [6, 6.07) is -0.225. The normalized spacial score (nSPS) is 20.2. The van der Waals surface area contributed by atoms with Crippen LogP contribution in [0.15, 0.2) is 0 Å². The second kappa shape index (κ2) is 6.23. The molecule has 2 amide bonds. The Balaban J connectivity index is 2.81. The number of carbonyl (C=O) groups is 2. The van der Waals surface area contributed by atoms with Crippen LogP contribution in [0.2, 0.25) is 0 Å². The summed E-state index contributed by atoms with van der Waals surface area (Å²) in [5.41, 5.74) is -1.20. The summed E-state index contributed by atoms with van der Waals surface area (Å²) in [6.45, 7) is 8.82. The lowest BCUT2D eigenvalue weighted by Gasteiger charge is -2.40. The lowest BCUT2D eigenvalue weighted by atomic mass is 10.0. The highest BCUT2D eigenvalue weighted by molar-refractivity contribution is 5.85. The highest BCUT2D eigenvalue weighted by Crippen LogP contribution is 2.19. The Morgan fingerprint density at radius 1 is 1.42 bits per heavy atom. The van der Waals surface area contributed by atoms with Gasteiger partial charge in [-0.15, -0.1) is 0 Å². The number of hydrogen-bond donors (Lipinski definition) is 1. The Morgan fingerprint density at radius 2 is 2.05 bits per heavy atom. The maximum absolute atomic E-state index is 12.5. The summed E-state index contributed by atoms with van der Waals surface area (Å²) in [6.07, 6.45) is 0.891. The number of rotatable bonds is 4. The van der Waals surface area contributed by atoms with Crippen molar-refractivity contribution in [2.45, 2.75) is 45.8 Å². The molecule has 6 heteroatoms. The molecule has 1 saturated heterocycles. The first-order valence-electron chi connectivity index (χ1n) is 6.76. The van der Waals surface area contributed by atoms with Crippen LogP contribution in [0.1, 0.15) is 34.1 Å². The van der Waals surface area contributed by atoms with E-state index in [1.165, 1.54) is 4.90 Å². The smallest absolute Gasteiger partial charge is 0.329 e. The first kappa shape index (κ1) is 15.8. The maximum Gasteiger partial charge on any atom is 0.329 e. The summed E-state index contributed by atoms with van der Waals surface area (Å²) < 4.78 is 5.53. The molecule has 6 nitrogen and oxygen atoms in total. The highest BCUT2D eigenvalue weighted by atomic mass is 16.5. The summed E-state index contributed by atoms with van der Waals surface area (Å²) in [5, 5.41) is 9.25. The Hall–Kier alpha value is -1.30. The van der Waals surface area contributed by atoms with E-state index in [9.17, 15) is 14.7 Å². The van der Waals surface area contributed by atoms with Crippen molar-refractivity contribution < 1.29 is 19.4 Å². The molecule has 0 aliphatic carbocycles. The van der Waals surface area contributed by atoms with Crippen LogP contribution in [0.5, 0.6) is 0 Å². The number of likely N-dealkylation sites (N-methyl/N-ethyl adjacent to an activating group) is 1. The van der Waals surface area contributed by atoms with Crippen LogP contribution in [-0.4, -0.2) is 64.8 Å². The Labute approximate surface area is 114 Å². The largest absolute Gasteiger partial charge is 0.480 e. The van der Waals surface area contributed by atoms with E-state index in [0.717, 1.165) is 6.42 Å². The fourth-order valence-electron chi connectivity index (χ4n) is 2.20. The fourth-order valence-corrected chi connectivity index (χ4v) is 2.20. The van der Waals surface area contributed by atoms with E-state index in [1.54, 1.807) is 25.7 Å². The number of hydrogen-bond acceptors (Lipinski definition) is 3. The fraction of sp³-hybridized carbons (Fsp3) is 0.846. The third kappa shape index (κ3) is 3.37. The van der Waals surface area contributed by atoms with Crippen molar-refractivity contribution in [1.29, 1.82) is 0 Å². The minimum absolute atomic E-state index is 0.0457. The van der Waals surface area contributed by atoms with Crippen molar-refractivity contribution in [2.75, 3.05) is 26.2 Å². The molecule has 0 aromatic heterocycles. The molecule has 0 bridgehead atoms. The molecule has 0 aromatic rings. The van der Waals surface area contributed by atoms with Gasteiger partial charge in [0.15, 0.2) is 0 Å². The standard InChI is InChI=1S/C13H24N2O4/c1-5-10-9-14(7-8-19-10)12(18)15(6-2)13(3,4)11(16)17/h10H,5-9H2,1-4H3,(H,16,17). The Bertz CT molecular complexity index is 344. The number of morpholine rings is 1. The first-order valence-corrected chi connectivity index (χ1v) is 6.76. The van der Waals surface area contributed by atoms with Crippen molar-refractivity contribution >= 4 is 12.0 Å². The second-order valence-electron chi connectivity index (χ2n) is 5.24. The monoisotopic (exact) mass is 272 g/mol. The zero-order valence-electron chi connectivity index (χ0n) is 12.2. The predicted octanol–water partition coefficient (Wildman–Crippen LogP) is 1.40. The molecule has 19 heavy (non-hydrogen) atoms. The van der Waals surface area contributed by atoms with Crippen molar-refractivity contribution in [1.82, 2.24) is 9.80 Å². The number of carboxylic acid groups (broad SMARTS) is 1. The van der Waals surface area contributed by atoms with Crippen molar-refractivity contribution in [3.05, 3.63) is 0 Å². The van der Waals surface area contributed by atoms with Gasteiger partial charge in [0.2, 0.25) is 0 Å². The summed E-state index contributed by atoms with van der Waals surface area (Å²) in [7, 11) is 0. The van der Waals surface area contributed by atoms with Gasteiger partial charge in [0.05, 0.1) is 12.7 Å². The first-order chi connectivity index (χ1) is 8.84. The quantitative estimate of drug-likeness (QED) is 0.840.